The second kappa shape index (κ2) is 15.6. The number of amides is 2. The smallest absolute Gasteiger partial charge is 0.264 e. The van der Waals surface area contributed by atoms with Gasteiger partial charge in [0.15, 0.2) is 0 Å². The fourth-order valence-electron chi connectivity index (χ4n) is 4.87. The zero-order valence-electron chi connectivity index (χ0n) is 25.6. The van der Waals surface area contributed by atoms with Crippen molar-refractivity contribution < 1.29 is 22.7 Å². The van der Waals surface area contributed by atoms with Crippen molar-refractivity contribution in [2.45, 2.75) is 44.7 Å². The minimum Gasteiger partial charge on any atom is -0.494 e. The average Bonchev–Trinajstić information content (AvgIpc) is 3.03. The zero-order valence-corrected chi connectivity index (χ0v) is 27.2. The summed E-state index contributed by atoms with van der Waals surface area (Å²) in [6, 6.07) is 28.5. The monoisotopic (exact) mass is 647 g/mol. The van der Waals surface area contributed by atoms with Gasteiger partial charge in [-0.05, 0) is 80.4 Å². The first-order valence-corrected chi connectivity index (χ1v) is 16.6. The van der Waals surface area contributed by atoms with Gasteiger partial charge in [-0.25, -0.2) is 8.42 Å². The molecule has 0 saturated heterocycles. The lowest BCUT2D eigenvalue weighted by atomic mass is 10.0. The summed E-state index contributed by atoms with van der Waals surface area (Å²) in [6.07, 6.45) is 0.247. The summed E-state index contributed by atoms with van der Waals surface area (Å²) >= 11 is 6.05. The summed E-state index contributed by atoms with van der Waals surface area (Å²) in [5.74, 6) is -0.291. The molecule has 0 aliphatic heterocycles. The lowest BCUT2D eigenvalue weighted by Crippen LogP contribution is -2.53. The van der Waals surface area contributed by atoms with E-state index in [4.69, 9.17) is 16.3 Å². The molecule has 0 fully saturated rings. The molecule has 0 aliphatic carbocycles. The van der Waals surface area contributed by atoms with Crippen molar-refractivity contribution in [3.63, 3.8) is 0 Å². The van der Waals surface area contributed by atoms with Gasteiger partial charge in [-0.1, -0.05) is 71.8 Å². The van der Waals surface area contributed by atoms with Crippen LogP contribution in [0.5, 0.6) is 5.75 Å². The number of anilines is 1. The van der Waals surface area contributed by atoms with E-state index in [0.29, 0.717) is 23.9 Å². The van der Waals surface area contributed by atoms with Gasteiger partial charge in [-0.15, -0.1) is 0 Å². The van der Waals surface area contributed by atoms with Crippen LogP contribution in [-0.2, 0) is 32.6 Å². The SMILES string of the molecule is CCNC(=O)C(Cc1ccccc1)N(Cc1ccc(C)cc1)C(=O)CN(c1ccc(OCC)cc1)S(=O)(=O)c1ccc(Cl)cc1. The number of halogens is 1. The van der Waals surface area contributed by atoms with E-state index in [-0.39, 0.29) is 29.5 Å². The molecule has 0 radical (unpaired) electrons. The molecule has 10 heteroatoms. The number of carbonyl (C=O) groups excluding carboxylic acids is 2. The quantitative estimate of drug-likeness (QED) is 0.181. The number of nitrogens with zero attached hydrogens (tertiary/aromatic N) is 2. The van der Waals surface area contributed by atoms with Gasteiger partial charge in [0.05, 0.1) is 17.2 Å². The van der Waals surface area contributed by atoms with Crippen molar-refractivity contribution in [1.29, 1.82) is 0 Å². The molecule has 0 bridgehead atoms. The van der Waals surface area contributed by atoms with E-state index in [1.54, 1.807) is 24.3 Å². The first kappa shape index (κ1) is 33.6. The maximum absolute atomic E-state index is 14.4. The van der Waals surface area contributed by atoms with Crippen molar-refractivity contribution in [3.05, 3.63) is 125 Å². The van der Waals surface area contributed by atoms with Gasteiger partial charge in [0.25, 0.3) is 10.0 Å². The minimum atomic E-state index is -4.23. The van der Waals surface area contributed by atoms with E-state index in [1.165, 1.54) is 29.2 Å². The molecule has 0 aromatic heterocycles. The highest BCUT2D eigenvalue weighted by molar-refractivity contribution is 7.92. The molecule has 4 aromatic carbocycles. The molecule has 8 nitrogen and oxygen atoms in total. The average molecular weight is 648 g/mol. The largest absolute Gasteiger partial charge is 0.494 e. The molecule has 2 amide bonds. The van der Waals surface area contributed by atoms with Crippen LogP contribution in [0, 0.1) is 6.92 Å². The van der Waals surface area contributed by atoms with Crippen LogP contribution in [-0.4, -0.2) is 50.9 Å². The van der Waals surface area contributed by atoms with Gasteiger partial charge < -0.3 is 15.0 Å². The molecule has 4 aromatic rings. The van der Waals surface area contributed by atoms with E-state index in [2.05, 4.69) is 5.32 Å². The predicted octanol–water partition coefficient (Wildman–Crippen LogP) is 6.02. The number of hydrogen-bond donors (Lipinski definition) is 1. The number of aryl methyl sites for hydroxylation is 1. The van der Waals surface area contributed by atoms with Crippen molar-refractivity contribution in [2.24, 2.45) is 0 Å². The normalized spacial score (nSPS) is 11.8. The summed E-state index contributed by atoms with van der Waals surface area (Å²) < 4.78 is 34.8. The molecule has 1 unspecified atom stereocenters. The maximum Gasteiger partial charge on any atom is 0.264 e. The lowest BCUT2D eigenvalue weighted by Gasteiger charge is -2.34. The van der Waals surface area contributed by atoms with E-state index in [9.17, 15) is 18.0 Å². The Kier molecular flexibility index (Phi) is 11.6. The van der Waals surface area contributed by atoms with Gasteiger partial charge in [-0.3, -0.25) is 13.9 Å². The highest BCUT2D eigenvalue weighted by Crippen LogP contribution is 2.28. The number of benzene rings is 4. The molecule has 0 aliphatic rings. The van der Waals surface area contributed by atoms with Crippen LogP contribution in [0.25, 0.3) is 0 Å². The highest BCUT2D eigenvalue weighted by Gasteiger charge is 2.34. The third-order valence-electron chi connectivity index (χ3n) is 7.21. The highest BCUT2D eigenvalue weighted by atomic mass is 35.5. The fourth-order valence-corrected chi connectivity index (χ4v) is 6.41. The fraction of sp³-hybridized carbons (Fsp3) is 0.257. The number of nitrogens with one attached hydrogen (secondary N) is 1. The van der Waals surface area contributed by atoms with E-state index < -0.39 is 28.5 Å². The number of ether oxygens (including phenoxy) is 1. The Morgan fingerprint density at radius 1 is 0.844 bits per heavy atom. The maximum atomic E-state index is 14.4. The summed E-state index contributed by atoms with van der Waals surface area (Å²) in [6.45, 7) is 6.02. The van der Waals surface area contributed by atoms with E-state index >= 15 is 0 Å². The molecule has 1 atom stereocenters. The van der Waals surface area contributed by atoms with E-state index in [1.807, 2.05) is 75.4 Å². The van der Waals surface area contributed by atoms with Crippen LogP contribution < -0.4 is 14.4 Å². The van der Waals surface area contributed by atoms with Crippen LogP contribution in [0.1, 0.15) is 30.5 Å². The van der Waals surface area contributed by atoms with Crippen LogP contribution in [0.15, 0.2) is 108 Å². The van der Waals surface area contributed by atoms with Crippen molar-refractivity contribution in [2.75, 3.05) is 24.0 Å². The Morgan fingerprint density at radius 3 is 2.09 bits per heavy atom. The Hall–Kier alpha value is -4.34. The summed E-state index contributed by atoms with van der Waals surface area (Å²) in [5, 5.41) is 3.25. The van der Waals surface area contributed by atoms with Crippen molar-refractivity contribution in [3.8, 4) is 5.75 Å². The number of carbonyl (C=O) groups is 2. The Labute approximate surface area is 270 Å². The van der Waals surface area contributed by atoms with Crippen LogP contribution in [0.3, 0.4) is 0 Å². The summed E-state index contributed by atoms with van der Waals surface area (Å²) in [5.41, 5.74) is 3.00. The summed E-state index contributed by atoms with van der Waals surface area (Å²) in [7, 11) is -4.23. The Bertz CT molecular complexity index is 1660. The van der Waals surface area contributed by atoms with Gasteiger partial charge in [0.2, 0.25) is 11.8 Å². The molecule has 4 rings (SSSR count). The third-order valence-corrected chi connectivity index (χ3v) is 9.25. The third kappa shape index (κ3) is 8.86. The second-order valence-corrected chi connectivity index (χ2v) is 12.8. The molecular weight excluding hydrogens is 610 g/mol. The van der Waals surface area contributed by atoms with Crippen molar-refractivity contribution >= 4 is 39.1 Å². The molecule has 1 N–H and O–H groups in total. The Morgan fingerprint density at radius 2 is 1.49 bits per heavy atom. The first-order chi connectivity index (χ1) is 21.6. The molecule has 236 valence electrons. The molecule has 0 spiro atoms. The number of sulfonamides is 1. The standard InChI is InChI=1S/C35H38ClN3O5S/c1-4-37-35(41)33(23-27-9-7-6-8-10-27)38(24-28-13-11-26(3)12-14-28)34(40)25-39(30-17-19-31(20-18-30)44-5-2)45(42,43)32-21-15-29(36)16-22-32/h6-22,33H,4-5,23-25H2,1-3H3,(H,37,41). The molecule has 0 saturated carbocycles. The van der Waals surface area contributed by atoms with Gasteiger partial charge in [0.1, 0.15) is 18.3 Å². The molecule has 45 heavy (non-hydrogen) atoms. The number of rotatable bonds is 14. The van der Waals surface area contributed by atoms with E-state index in [0.717, 1.165) is 21.0 Å². The minimum absolute atomic E-state index is 0.0248. The predicted molar refractivity (Wildman–Crippen MR) is 178 cm³/mol. The second-order valence-electron chi connectivity index (χ2n) is 10.5. The van der Waals surface area contributed by atoms with Gasteiger partial charge in [0, 0.05) is 24.5 Å². The van der Waals surface area contributed by atoms with Gasteiger partial charge in [-0.2, -0.15) is 0 Å². The topological polar surface area (TPSA) is 96.0 Å². The first-order valence-electron chi connectivity index (χ1n) is 14.8. The van der Waals surface area contributed by atoms with Crippen LogP contribution >= 0.6 is 11.6 Å². The molecule has 0 heterocycles. The van der Waals surface area contributed by atoms with Crippen molar-refractivity contribution in [1.82, 2.24) is 10.2 Å². The number of likely N-dealkylation sites (N-methyl/N-ethyl adjacent to an activating group) is 1. The zero-order chi connectivity index (χ0) is 32.4. The van der Waals surface area contributed by atoms with Crippen LogP contribution in [0.4, 0.5) is 5.69 Å². The molecular formula is C35H38ClN3O5S. The lowest BCUT2D eigenvalue weighted by molar-refractivity contribution is -0.140. The Balaban J connectivity index is 1.79. The summed E-state index contributed by atoms with van der Waals surface area (Å²) in [4.78, 5) is 29.5. The van der Waals surface area contributed by atoms with Gasteiger partial charge >= 0.3 is 0 Å². The van der Waals surface area contributed by atoms with Crippen LogP contribution in [0.2, 0.25) is 5.02 Å². The number of hydrogen-bond acceptors (Lipinski definition) is 5.